The highest BCUT2D eigenvalue weighted by atomic mass is 15.4. The van der Waals surface area contributed by atoms with E-state index < -0.39 is 0 Å². The van der Waals surface area contributed by atoms with Crippen molar-refractivity contribution >= 4 is 17.2 Å². The molecule has 0 amide bonds. The molecule has 5 rings (SSSR count). The fourth-order valence-electron chi connectivity index (χ4n) is 3.40. The summed E-state index contributed by atoms with van der Waals surface area (Å²) in [5, 5.41) is 17.2. The molecule has 4 heterocycles. The van der Waals surface area contributed by atoms with Gasteiger partial charge in [0.05, 0.1) is 17.9 Å². The Kier molecular flexibility index (Phi) is 3.50. The van der Waals surface area contributed by atoms with E-state index in [1.54, 1.807) is 0 Å². The summed E-state index contributed by atoms with van der Waals surface area (Å²) in [5.74, 6) is 2.52. The molecule has 7 nitrogen and oxygen atoms in total. The van der Waals surface area contributed by atoms with Gasteiger partial charge in [0.2, 0.25) is 5.65 Å². The van der Waals surface area contributed by atoms with Crippen molar-refractivity contribution in [2.24, 2.45) is 0 Å². The summed E-state index contributed by atoms with van der Waals surface area (Å²) in [4.78, 5) is 6.74. The van der Waals surface area contributed by atoms with Crippen molar-refractivity contribution in [3.8, 4) is 0 Å². The molecule has 0 aromatic carbocycles. The van der Waals surface area contributed by atoms with Crippen LogP contribution in [-0.2, 0) is 6.54 Å². The molecule has 2 aliphatic rings. The molecule has 0 bridgehead atoms. The number of nitrogens with one attached hydrogen (secondary N) is 1. The first-order valence-electron chi connectivity index (χ1n) is 9.03. The van der Waals surface area contributed by atoms with Gasteiger partial charge < -0.3 is 10.2 Å². The molecule has 1 N–H and O–H groups in total. The highest BCUT2D eigenvalue weighted by molar-refractivity contribution is 5.70. The first kappa shape index (κ1) is 14.6. The van der Waals surface area contributed by atoms with E-state index in [1.807, 2.05) is 28.9 Å². The fraction of sp³-hybridized carbons (Fsp3) is 0.444. The first-order valence-corrected chi connectivity index (χ1v) is 9.03. The van der Waals surface area contributed by atoms with Crippen LogP contribution < -0.4 is 10.2 Å². The van der Waals surface area contributed by atoms with Crippen molar-refractivity contribution in [2.75, 3.05) is 23.3 Å². The number of pyridine rings is 1. The van der Waals surface area contributed by atoms with Crippen molar-refractivity contribution in [3.05, 3.63) is 42.0 Å². The summed E-state index contributed by atoms with van der Waals surface area (Å²) in [5.41, 5.74) is 2.78. The normalized spacial score (nSPS) is 17.4. The first-order chi connectivity index (χ1) is 12.4. The minimum atomic E-state index is 0.514. The fourth-order valence-corrected chi connectivity index (χ4v) is 3.40. The maximum atomic E-state index is 4.86. The van der Waals surface area contributed by atoms with Gasteiger partial charge in [0, 0.05) is 31.3 Å². The Morgan fingerprint density at radius 1 is 1.12 bits per heavy atom. The predicted molar refractivity (Wildman–Crippen MR) is 95.8 cm³/mol. The molecular formula is C18H21N7. The van der Waals surface area contributed by atoms with Crippen LogP contribution >= 0.6 is 0 Å². The van der Waals surface area contributed by atoms with E-state index in [0.29, 0.717) is 12.5 Å². The van der Waals surface area contributed by atoms with E-state index in [-0.39, 0.29) is 0 Å². The maximum Gasteiger partial charge on any atom is 0.201 e. The van der Waals surface area contributed by atoms with Gasteiger partial charge in [0.25, 0.3) is 0 Å². The number of nitrogens with zero attached hydrogens (tertiary/aromatic N) is 6. The number of hydrogen-bond donors (Lipinski definition) is 1. The van der Waals surface area contributed by atoms with E-state index in [4.69, 9.17) is 5.10 Å². The van der Waals surface area contributed by atoms with Gasteiger partial charge in [-0.25, -0.2) is 0 Å². The Morgan fingerprint density at radius 3 is 2.76 bits per heavy atom. The molecule has 1 aliphatic heterocycles. The Balaban J connectivity index is 1.53. The van der Waals surface area contributed by atoms with Crippen molar-refractivity contribution < 1.29 is 0 Å². The van der Waals surface area contributed by atoms with Crippen LogP contribution in [0.5, 0.6) is 0 Å². The zero-order valence-corrected chi connectivity index (χ0v) is 14.1. The van der Waals surface area contributed by atoms with Crippen LogP contribution in [0.15, 0.2) is 30.5 Å². The zero-order chi connectivity index (χ0) is 16.6. The van der Waals surface area contributed by atoms with Gasteiger partial charge in [-0.3, -0.25) is 4.98 Å². The van der Waals surface area contributed by atoms with Gasteiger partial charge >= 0.3 is 0 Å². The largest absolute Gasteiger partial charge is 0.376 e. The molecule has 7 heteroatoms. The summed E-state index contributed by atoms with van der Waals surface area (Å²) in [7, 11) is 0. The Hall–Kier alpha value is -2.70. The molecule has 1 saturated carbocycles. The van der Waals surface area contributed by atoms with E-state index in [2.05, 4.69) is 31.5 Å². The molecule has 1 aliphatic carbocycles. The lowest BCUT2D eigenvalue weighted by molar-refractivity contribution is 0.793. The van der Waals surface area contributed by atoms with Crippen LogP contribution in [-0.4, -0.2) is 37.9 Å². The smallest absolute Gasteiger partial charge is 0.201 e. The van der Waals surface area contributed by atoms with E-state index >= 15 is 0 Å². The summed E-state index contributed by atoms with van der Waals surface area (Å²) in [6.07, 6.45) is 6.65. The number of aromatic nitrogens is 5. The maximum absolute atomic E-state index is 4.86. The molecule has 1 saturated heterocycles. The number of rotatable bonds is 5. The third-order valence-electron chi connectivity index (χ3n) is 4.94. The lowest BCUT2D eigenvalue weighted by Gasteiger charge is -2.18. The van der Waals surface area contributed by atoms with Gasteiger partial charge in [-0.15, -0.1) is 15.3 Å². The van der Waals surface area contributed by atoms with Crippen molar-refractivity contribution in [1.82, 2.24) is 24.8 Å². The van der Waals surface area contributed by atoms with Crippen LogP contribution in [0.2, 0.25) is 0 Å². The van der Waals surface area contributed by atoms with Crippen LogP contribution in [0.4, 0.5) is 11.5 Å². The highest BCUT2D eigenvalue weighted by Gasteiger charge is 2.30. The van der Waals surface area contributed by atoms with Gasteiger partial charge in [-0.05, 0) is 37.8 Å². The molecule has 0 atom stereocenters. The second-order valence-corrected chi connectivity index (χ2v) is 6.85. The Bertz CT molecular complexity index is 879. The average molecular weight is 335 g/mol. The molecule has 3 aromatic rings. The summed E-state index contributed by atoms with van der Waals surface area (Å²) >= 11 is 0. The zero-order valence-electron chi connectivity index (χ0n) is 14.1. The van der Waals surface area contributed by atoms with Crippen LogP contribution in [0.25, 0.3) is 5.65 Å². The predicted octanol–water partition coefficient (Wildman–Crippen LogP) is 2.61. The second kappa shape index (κ2) is 5.98. The van der Waals surface area contributed by atoms with Gasteiger partial charge in [0.1, 0.15) is 0 Å². The van der Waals surface area contributed by atoms with Gasteiger partial charge in [-0.1, -0.05) is 6.07 Å². The minimum absolute atomic E-state index is 0.514. The topological polar surface area (TPSA) is 71.2 Å². The quantitative estimate of drug-likeness (QED) is 0.773. The van der Waals surface area contributed by atoms with Crippen molar-refractivity contribution in [1.29, 1.82) is 0 Å². The molecule has 0 unspecified atom stereocenters. The lowest BCUT2D eigenvalue weighted by Crippen LogP contribution is -2.21. The van der Waals surface area contributed by atoms with E-state index in [1.165, 1.54) is 25.7 Å². The minimum Gasteiger partial charge on any atom is -0.376 e. The standard InChI is InChI=1S/C18H21N7/c1-2-8-19-14(5-1)12-20-15-11-16(24-9-3-4-10-24)23-25-17(13-6-7-13)21-22-18(15)25/h1-2,5,8,11,13,20H,3-4,6-7,9-10,12H2. The summed E-state index contributed by atoms with van der Waals surface area (Å²) in [6.45, 7) is 2.80. The molecule has 0 spiro atoms. The molecule has 128 valence electrons. The average Bonchev–Trinajstić information content (AvgIpc) is 3.18. The van der Waals surface area contributed by atoms with Gasteiger partial charge in [-0.2, -0.15) is 4.52 Å². The SMILES string of the molecule is c1ccc(CNc2cc(N3CCCC3)nn3c(C4CC4)nnc23)nc1. The van der Waals surface area contributed by atoms with Crippen molar-refractivity contribution in [2.45, 2.75) is 38.1 Å². The lowest BCUT2D eigenvalue weighted by atomic mass is 10.3. The number of fused-ring (bicyclic) bond motifs is 1. The van der Waals surface area contributed by atoms with E-state index in [0.717, 1.165) is 41.8 Å². The van der Waals surface area contributed by atoms with Crippen molar-refractivity contribution in [3.63, 3.8) is 0 Å². The second-order valence-electron chi connectivity index (χ2n) is 6.85. The molecule has 25 heavy (non-hydrogen) atoms. The van der Waals surface area contributed by atoms with Crippen LogP contribution in [0.3, 0.4) is 0 Å². The summed E-state index contributed by atoms with van der Waals surface area (Å²) in [6, 6.07) is 8.06. The molecular weight excluding hydrogens is 314 g/mol. The number of hydrogen-bond acceptors (Lipinski definition) is 6. The van der Waals surface area contributed by atoms with E-state index in [9.17, 15) is 0 Å². The third kappa shape index (κ3) is 2.79. The summed E-state index contributed by atoms with van der Waals surface area (Å²) < 4.78 is 1.95. The van der Waals surface area contributed by atoms with Gasteiger partial charge in [0.15, 0.2) is 11.6 Å². The number of anilines is 2. The Labute approximate surface area is 146 Å². The highest BCUT2D eigenvalue weighted by Crippen LogP contribution is 2.39. The monoisotopic (exact) mass is 335 g/mol. The molecule has 3 aromatic heterocycles. The third-order valence-corrected chi connectivity index (χ3v) is 4.94. The Morgan fingerprint density at radius 2 is 2.00 bits per heavy atom. The van der Waals surface area contributed by atoms with Crippen LogP contribution in [0.1, 0.15) is 43.1 Å². The van der Waals surface area contributed by atoms with Crippen LogP contribution in [0, 0.1) is 0 Å². The molecule has 2 fully saturated rings. The molecule has 0 radical (unpaired) electrons.